The Morgan fingerprint density at radius 3 is 2.74 bits per heavy atom. The highest BCUT2D eigenvalue weighted by Crippen LogP contribution is 2.18. The first-order valence-corrected chi connectivity index (χ1v) is 6.46. The van der Waals surface area contributed by atoms with Crippen LogP contribution in [0.15, 0.2) is 18.2 Å². The van der Waals surface area contributed by atoms with Gasteiger partial charge in [0.05, 0.1) is 17.3 Å². The summed E-state index contributed by atoms with van der Waals surface area (Å²) >= 11 is 0. The minimum atomic E-state index is -0.544. The average molecular weight is 261 g/mol. The molecule has 0 aliphatic heterocycles. The fourth-order valence-corrected chi connectivity index (χ4v) is 2.28. The standard InChI is InChI=1S/C14H16FN3O/c15-12-7-6-10(9-16)8-13(12)18-14(19)17-11-4-2-1-3-5-11/h6-8,11H,1-5H2,(H2,17,18,19). The zero-order chi connectivity index (χ0) is 13.7. The normalized spacial score (nSPS) is 15.6. The van der Waals surface area contributed by atoms with Crippen LogP contribution in [0.25, 0.3) is 0 Å². The molecule has 1 aliphatic carbocycles. The van der Waals surface area contributed by atoms with Gasteiger partial charge in [0.15, 0.2) is 0 Å². The first-order valence-electron chi connectivity index (χ1n) is 6.46. The van der Waals surface area contributed by atoms with Crippen LogP contribution in [0.4, 0.5) is 14.9 Å². The van der Waals surface area contributed by atoms with Crippen LogP contribution >= 0.6 is 0 Å². The SMILES string of the molecule is N#Cc1ccc(F)c(NC(=O)NC2CCCCC2)c1. The van der Waals surface area contributed by atoms with Gasteiger partial charge in [0.2, 0.25) is 0 Å². The third-order valence-corrected chi connectivity index (χ3v) is 3.28. The Hall–Kier alpha value is -2.09. The number of halogens is 1. The predicted molar refractivity (Wildman–Crippen MR) is 70.1 cm³/mol. The lowest BCUT2D eigenvalue weighted by molar-refractivity contribution is 0.244. The van der Waals surface area contributed by atoms with Gasteiger partial charge < -0.3 is 10.6 Å². The molecule has 0 spiro atoms. The van der Waals surface area contributed by atoms with E-state index >= 15 is 0 Å². The zero-order valence-corrected chi connectivity index (χ0v) is 10.6. The first-order chi connectivity index (χ1) is 9.19. The van der Waals surface area contributed by atoms with Crippen LogP contribution < -0.4 is 10.6 Å². The molecule has 5 heteroatoms. The Labute approximate surface area is 111 Å². The maximum absolute atomic E-state index is 13.5. The molecule has 1 aliphatic rings. The molecular weight excluding hydrogens is 245 g/mol. The van der Waals surface area contributed by atoms with E-state index in [-0.39, 0.29) is 11.7 Å². The molecule has 4 nitrogen and oxygen atoms in total. The molecule has 0 atom stereocenters. The molecule has 0 heterocycles. The number of urea groups is 1. The largest absolute Gasteiger partial charge is 0.335 e. The summed E-state index contributed by atoms with van der Waals surface area (Å²) in [5.41, 5.74) is 0.349. The van der Waals surface area contributed by atoms with Crippen LogP contribution in [0.2, 0.25) is 0 Å². The van der Waals surface area contributed by atoms with Gasteiger partial charge in [-0.2, -0.15) is 5.26 Å². The number of carbonyl (C=O) groups excluding carboxylic acids is 1. The van der Waals surface area contributed by atoms with Crippen LogP contribution in [0.3, 0.4) is 0 Å². The summed E-state index contributed by atoms with van der Waals surface area (Å²) in [4.78, 5) is 11.8. The highest BCUT2D eigenvalue weighted by Gasteiger charge is 2.16. The van der Waals surface area contributed by atoms with E-state index in [0.717, 1.165) is 25.7 Å². The molecule has 0 aromatic heterocycles. The number of hydrogen-bond acceptors (Lipinski definition) is 2. The monoisotopic (exact) mass is 261 g/mol. The zero-order valence-electron chi connectivity index (χ0n) is 10.6. The Kier molecular flexibility index (Phi) is 4.35. The fourth-order valence-electron chi connectivity index (χ4n) is 2.28. The molecule has 0 saturated heterocycles. The van der Waals surface area contributed by atoms with E-state index < -0.39 is 11.8 Å². The number of carbonyl (C=O) groups is 1. The third kappa shape index (κ3) is 3.68. The van der Waals surface area contributed by atoms with Gasteiger partial charge >= 0.3 is 6.03 Å². The first kappa shape index (κ1) is 13.3. The Balaban J connectivity index is 1.96. The van der Waals surface area contributed by atoms with E-state index in [4.69, 9.17) is 5.26 Å². The lowest BCUT2D eigenvalue weighted by Gasteiger charge is -2.22. The third-order valence-electron chi connectivity index (χ3n) is 3.28. The summed E-state index contributed by atoms with van der Waals surface area (Å²) < 4.78 is 13.5. The molecule has 0 radical (unpaired) electrons. The van der Waals surface area contributed by atoms with E-state index in [1.165, 1.54) is 24.6 Å². The van der Waals surface area contributed by atoms with Crippen molar-refractivity contribution in [3.8, 4) is 6.07 Å². The van der Waals surface area contributed by atoms with Gasteiger partial charge in [-0.05, 0) is 31.0 Å². The van der Waals surface area contributed by atoms with Gasteiger partial charge in [0, 0.05) is 6.04 Å². The number of hydrogen-bond donors (Lipinski definition) is 2. The Morgan fingerprint density at radius 2 is 2.05 bits per heavy atom. The van der Waals surface area contributed by atoms with Gasteiger partial charge in [-0.3, -0.25) is 0 Å². The van der Waals surface area contributed by atoms with Crippen molar-refractivity contribution in [2.45, 2.75) is 38.1 Å². The van der Waals surface area contributed by atoms with Crippen LogP contribution in [0, 0.1) is 17.1 Å². The van der Waals surface area contributed by atoms with Crippen molar-refractivity contribution in [2.24, 2.45) is 0 Å². The molecule has 100 valence electrons. The van der Waals surface area contributed by atoms with Crippen LogP contribution in [0.5, 0.6) is 0 Å². The summed E-state index contributed by atoms with van der Waals surface area (Å²) in [6.45, 7) is 0. The molecule has 1 aromatic rings. The molecule has 1 saturated carbocycles. The number of anilines is 1. The summed E-state index contributed by atoms with van der Waals surface area (Å²) in [5.74, 6) is -0.544. The molecule has 2 N–H and O–H groups in total. The molecule has 1 aromatic carbocycles. The van der Waals surface area contributed by atoms with Crippen molar-refractivity contribution in [1.82, 2.24) is 5.32 Å². The number of nitrogens with one attached hydrogen (secondary N) is 2. The van der Waals surface area contributed by atoms with Gasteiger partial charge in [-0.1, -0.05) is 19.3 Å². The van der Waals surface area contributed by atoms with Crippen molar-refractivity contribution in [3.63, 3.8) is 0 Å². The second kappa shape index (κ2) is 6.19. The summed E-state index contributed by atoms with van der Waals surface area (Å²) in [5, 5.41) is 14.0. The van der Waals surface area contributed by atoms with E-state index in [2.05, 4.69) is 10.6 Å². The number of amides is 2. The van der Waals surface area contributed by atoms with E-state index in [0.29, 0.717) is 5.56 Å². The molecule has 2 rings (SSSR count). The second-order valence-corrected chi connectivity index (χ2v) is 4.74. The van der Waals surface area contributed by atoms with Crippen LogP contribution in [-0.2, 0) is 0 Å². The number of benzene rings is 1. The highest BCUT2D eigenvalue weighted by atomic mass is 19.1. The number of rotatable bonds is 2. The second-order valence-electron chi connectivity index (χ2n) is 4.74. The van der Waals surface area contributed by atoms with Crippen molar-refractivity contribution >= 4 is 11.7 Å². The summed E-state index contributed by atoms with van der Waals surface area (Å²) in [7, 11) is 0. The number of nitrogens with zero attached hydrogens (tertiary/aromatic N) is 1. The van der Waals surface area contributed by atoms with Crippen molar-refractivity contribution < 1.29 is 9.18 Å². The molecule has 0 unspecified atom stereocenters. The Morgan fingerprint density at radius 1 is 1.32 bits per heavy atom. The van der Waals surface area contributed by atoms with Crippen LogP contribution in [0.1, 0.15) is 37.7 Å². The van der Waals surface area contributed by atoms with Gasteiger partial charge in [0.25, 0.3) is 0 Å². The predicted octanol–water partition coefficient (Wildman–Crippen LogP) is 3.15. The van der Waals surface area contributed by atoms with Gasteiger partial charge in [-0.25, -0.2) is 9.18 Å². The van der Waals surface area contributed by atoms with E-state index in [9.17, 15) is 9.18 Å². The van der Waals surface area contributed by atoms with Crippen molar-refractivity contribution in [2.75, 3.05) is 5.32 Å². The fraction of sp³-hybridized carbons (Fsp3) is 0.429. The van der Waals surface area contributed by atoms with Gasteiger partial charge in [-0.15, -0.1) is 0 Å². The minimum Gasteiger partial charge on any atom is -0.335 e. The molecule has 1 fully saturated rings. The lowest BCUT2D eigenvalue weighted by atomic mass is 9.96. The van der Waals surface area contributed by atoms with E-state index in [1.807, 2.05) is 6.07 Å². The summed E-state index contributed by atoms with van der Waals surface area (Å²) in [6.07, 6.45) is 5.37. The Bertz CT molecular complexity index is 504. The highest BCUT2D eigenvalue weighted by molar-refractivity contribution is 5.89. The van der Waals surface area contributed by atoms with E-state index in [1.54, 1.807) is 0 Å². The number of nitriles is 1. The maximum Gasteiger partial charge on any atom is 0.319 e. The quantitative estimate of drug-likeness (QED) is 0.858. The van der Waals surface area contributed by atoms with Crippen molar-refractivity contribution in [1.29, 1.82) is 5.26 Å². The average Bonchev–Trinajstić information content (AvgIpc) is 2.42. The minimum absolute atomic E-state index is 0.0346. The topological polar surface area (TPSA) is 64.9 Å². The molecular formula is C14H16FN3O. The molecule has 2 amide bonds. The maximum atomic E-state index is 13.5. The molecule has 0 bridgehead atoms. The lowest BCUT2D eigenvalue weighted by Crippen LogP contribution is -2.39. The summed E-state index contributed by atoms with van der Waals surface area (Å²) in [6, 6.07) is 5.54. The van der Waals surface area contributed by atoms with Crippen molar-refractivity contribution in [3.05, 3.63) is 29.6 Å². The van der Waals surface area contributed by atoms with Gasteiger partial charge in [0.1, 0.15) is 5.82 Å². The van der Waals surface area contributed by atoms with Crippen LogP contribution in [-0.4, -0.2) is 12.1 Å². The molecule has 19 heavy (non-hydrogen) atoms. The smallest absolute Gasteiger partial charge is 0.319 e.